The van der Waals surface area contributed by atoms with E-state index < -0.39 is 11.8 Å². The predicted octanol–water partition coefficient (Wildman–Crippen LogP) is 3.47. The van der Waals surface area contributed by atoms with Crippen LogP contribution in [0, 0.1) is 5.82 Å². The van der Waals surface area contributed by atoms with E-state index in [0.717, 1.165) is 12.0 Å². The van der Waals surface area contributed by atoms with Gasteiger partial charge in [-0.05, 0) is 48.2 Å². The molecule has 2 aromatic carbocycles. The molecule has 0 aliphatic rings. The molecule has 0 saturated heterocycles. The van der Waals surface area contributed by atoms with E-state index in [1.165, 1.54) is 24.3 Å². The zero-order chi connectivity index (χ0) is 18.9. The van der Waals surface area contributed by atoms with Crippen LogP contribution in [0.2, 0.25) is 0 Å². The predicted molar refractivity (Wildman–Crippen MR) is 98.7 cm³/mol. The van der Waals surface area contributed by atoms with Gasteiger partial charge in [0, 0.05) is 5.69 Å². The maximum Gasteiger partial charge on any atom is 0.258 e. The Morgan fingerprint density at radius 2 is 1.77 bits per heavy atom. The van der Waals surface area contributed by atoms with Crippen LogP contribution < -0.4 is 15.4 Å². The van der Waals surface area contributed by atoms with Gasteiger partial charge >= 0.3 is 0 Å². The second-order valence-electron chi connectivity index (χ2n) is 5.97. The van der Waals surface area contributed by atoms with E-state index in [9.17, 15) is 14.0 Å². The summed E-state index contributed by atoms with van der Waals surface area (Å²) in [5.41, 5.74) is 1.52. The van der Waals surface area contributed by atoms with E-state index in [4.69, 9.17) is 4.74 Å². The molecule has 2 rings (SSSR count). The van der Waals surface area contributed by atoms with Gasteiger partial charge in [-0.25, -0.2) is 4.39 Å². The molecule has 0 aromatic heterocycles. The molecule has 0 aliphatic heterocycles. The Morgan fingerprint density at radius 3 is 2.46 bits per heavy atom. The number of carbonyl (C=O) groups is 2. The summed E-state index contributed by atoms with van der Waals surface area (Å²) in [5, 5.41) is 5.07. The van der Waals surface area contributed by atoms with Crippen molar-refractivity contribution in [3.05, 3.63) is 59.9 Å². The summed E-state index contributed by atoms with van der Waals surface area (Å²) in [4.78, 5) is 23.7. The lowest BCUT2D eigenvalue weighted by molar-refractivity contribution is -0.125. The molecular formula is C20H23FN2O3. The number of amides is 2. The van der Waals surface area contributed by atoms with E-state index in [0.29, 0.717) is 17.4 Å². The summed E-state index contributed by atoms with van der Waals surface area (Å²) < 4.78 is 18.4. The number of hydrogen-bond acceptors (Lipinski definition) is 3. The van der Waals surface area contributed by atoms with Crippen LogP contribution in [0.5, 0.6) is 5.75 Å². The molecule has 0 heterocycles. The Hall–Kier alpha value is -2.89. The fourth-order valence-electron chi connectivity index (χ4n) is 2.35. The zero-order valence-corrected chi connectivity index (χ0v) is 14.9. The minimum atomic E-state index is -0.398. The molecule has 0 saturated carbocycles. The molecule has 0 bridgehead atoms. The first-order valence-corrected chi connectivity index (χ1v) is 8.53. The lowest BCUT2D eigenvalue weighted by atomic mass is 9.98. The minimum absolute atomic E-state index is 0.169. The van der Waals surface area contributed by atoms with Crippen molar-refractivity contribution in [2.24, 2.45) is 0 Å². The number of rotatable bonds is 8. The molecule has 5 nitrogen and oxygen atoms in total. The van der Waals surface area contributed by atoms with Crippen molar-refractivity contribution in [1.29, 1.82) is 0 Å². The lowest BCUT2D eigenvalue weighted by Crippen LogP contribution is -2.35. The molecular weight excluding hydrogens is 335 g/mol. The van der Waals surface area contributed by atoms with Gasteiger partial charge in [0.15, 0.2) is 6.61 Å². The summed E-state index contributed by atoms with van der Waals surface area (Å²) in [6.07, 6.45) is 0.968. The normalized spacial score (nSPS) is 11.5. The van der Waals surface area contributed by atoms with Gasteiger partial charge in [-0.2, -0.15) is 0 Å². The topological polar surface area (TPSA) is 67.4 Å². The fourth-order valence-corrected chi connectivity index (χ4v) is 2.35. The van der Waals surface area contributed by atoms with Crippen LogP contribution in [0.15, 0.2) is 48.5 Å². The van der Waals surface area contributed by atoms with Crippen molar-refractivity contribution < 1.29 is 18.7 Å². The first kappa shape index (κ1) is 19.4. The van der Waals surface area contributed by atoms with E-state index in [1.54, 1.807) is 0 Å². The number of anilines is 1. The number of hydrogen-bond donors (Lipinski definition) is 2. The third-order valence-electron chi connectivity index (χ3n) is 4.00. The van der Waals surface area contributed by atoms with Gasteiger partial charge in [-0.15, -0.1) is 0 Å². The average Bonchev–Trinajstić information content (AvgIpc) is 2.66. The highest BCUT2D eigenvalue weighted by Crippen LogP contribution is 2.28. The maximum absolute atomic E-state index is 12.8. The largest absolute Gasteiger partial charge is 0.483 e. The second kappa shape index (κ2) is 9.56. The molecule has 6 heteroatoms. The molecule has 0 spiro atoms. The molecule has 2 amide bonds. The van der Waals surface area contributed by atoms with Crippen molar-refractivity contribution >= 4 is 17.5 Å². The molecule has 26 heavy (non-hydrogen) atoms. The monoisotopic (exact) mass is 358 g/mol. The summed E-state index contributed by atoms with van der Waals surface area (Å²) in [6, 6.07) is 13.0. The molecule has 138 valence electrons. The first-order valence-electron chi connectivity index (χ1n) is 8.53. The third kappa shape index (κ3) is 5.88. The van der Waals surface area contributed by atoms with Crippen molar-refractivity contribution in [1.82, 2.24) is 5.32 Å². The van der Waals surface area contributed by atoms with Crippen LogP contribution in [0.25, 0.3) is 0 Å². The first-order chi connectivity index (χ1) is 12.5. The number of nitrogens with one attached hydrogen (secondary N) is 2. The Bertz CT molecular complexity index is 747. The molecule has 1 atom stereocenters. The highest BCUT2D eigenvalue weighted by Gasteiger charge is 2.12. The van der Waals surface area contributed by atoms with Crippen LogP contribution in [0.1, 0.15) is 31.7 Å². The summed E-state index contributed by atoms with van der Waals surface area (Å²) >= 11 is 0. The minimum Gasteiger partial charge on any atom is -0.483 e. The van der Waals surface area contributed by atoms with Gasteiger partial charge in [-0.3, -0.25) is 9.59 Å². The van der Waals surface area contributed by atoms with Crippen LogP contribution in [0.3, 0.4) is 0 Å². The van der Waals surface area contributed by atoms with Gasteiger partial charge in [-0.1, -0.05) is 32.0 Å². The number of halogens is 1. The molecule has 0 fully saturated rings. The third-order valence-corrected chi connectivity index (χ3v) is 4.00. The highest BCUT2D eigenvalue weighted by atomic mass is 19.1. The quantitative estimate of drug-likeness (QED) is 0.759. The second-order valence-corrected chi connectivity index (χ2v) is 5.97. The smallest absolute Gasteiger partial charge is 0.258 e. The van der Waals surface area contributed by atoms with E-state index in [1.807, 2.05) is 24.3 Å². The van der Waals surface area contributed by atoms with Crippen molar-refractivity contribution in [3.8, 4) is 5.75 Å². The summed E-state index contributed by atoms with van der Waals surface area (Å²) in [7, 11) is 0. The maximum atomic E-state index is 12.8. The SMILES string of the molecule is CCC(C)c1ccccc1OCC(=O)NCC(=O)Nc1ccc(F)cc1. The van der Waals surface area contributed by atoms with E-state index in [2.05, 4.69) is 24.5 Å². The van der Waals surface area contributed by atoms with Crippen molar-refractivity contribution in [3.63, 3.8) is 0 Å². The van der Waals surface area contributed by atoms with Crippen molar-refractivity contribution in [2.75, 3.05) is 18.5 Å². The molecule has 2 aromatic rings. The van der Waals surface area contributed by atoms with Crippen LogP contribution >= 0.6 is 0 Å². The van der Waals surface area contributed by atoms with Crippen LogP contribution in [0.4, 0.5) is 10.1 Å². The van der Waals surface area contributed by atoms with E-state index >= 15 is 0 Å². The van der Waals surface area contributed by atoms with Crippen LogP contribution in [-0.4, -0.2) is 25.0 Å². The van der Waals surface area contributed by atoms with Gasteiger partial charge < -0.3 is 15.4 Å². The van der Waals surface area contributed by atoms with Gasteiger partial charge in [0.1, 0.15) is 11.6 Å². The van der Waals surface area contributed by atoms with Crippen LogP contribution in [-0.2, 0) is 9.59 Å². The Kier molecular flexibility index (Phi) is 7.14. The Labute approximate surface area is 152 Å². The van der Waals surface area contributed by atoms with Gasteiger partial charge in [0.2, 0.25) is 5.91 Å². The number of para-hydroxylation sites is 1. The highest BCUT2D eigenvalue weighted by molar-refractivity contribution is 5.94. The zero-order valence-electron chi connectivity index (χ0n) is 14.9. The molecule has 0 radical (unpaired) electrons. The number of carbonyl (C=O) groups excluding carboxylic acids is 2. The Morgan fingerprint density at radius 1 is 1.08 bits per heavy atom. The number of benzene rings is 2. The molecule has 0 aliphatic carbocycles. The Balaban J connectivity index is 1.79. The van der Waals surface area contributed by atoms with E-state index in [-0.39, 0.29) is 19.0 Å². The fraction of sp³-hybridized carbons (Fsp3) is 0.300. The van der Waals surface area contributed by atoms with Gasteiger partial charge in [0.25, 0.3) is 5.91 Å². The average molecular weight is 358 g/mol. The van der Waals surface area contributed by atoms with Gasteiger partial charge in [0.05, 0.1) is 6.54 Å². The number of ether oxygens (including phenoxy) is 1. The summed E-state index contributed by atoms with van der Waals surface area (Å²) in [6.45, 7) is 3.83. The summed E-state index contributed by atoms with van der Waals surface area (Å²) in [5.74, 6) is -0.169. The standard InChI is InChI=1S/C20H23FN2O3/c1-3-14(2)17-6-4-5-7-18(17)26-13-20(25)22-12-19(24)23-16-10-8-15(21)9-11-16/h4-11,14H,3,12-13H2,1-2H3,(H,22,25)(H,23,24). The molecule has 2 N–H and O–H groups in total. The lowest BCUT2D eigenvalue weighted by Gasteiger charge is -2.15. The van der Waals surface area contributed by atoms with Crippen molar-refractivity contribution in [2.45, 2.75) is 26.2 Å². The molecule has 1 unspecified atom stereocenters.